The van der Waals surface area contributed by atoms with E-state index in [0.717, 1.165) is 11.8 Å². The van der Waals surface area contributed by atoms with Crippen molar-refractivity contribution in [3.63, 3.8) is 0 Å². The number of rotatable bonds is 4. The van der Waals surface area contributed by atoms with Gasteiger partial charge in [0.05, 0.1) is 17.7 Å². The van der Waals surface area contributed by atoms with E-state index < -0.39 is 5.79 Å². The van der Waals surface area contributed by atoms with Crippen molar-refractivity contribution in [2.75, 3.05) is 6.61 Å². The molecule has 0 aliphatic carbocycles. The van der Waals surface area contributed by atoms with Gasteiger partial charge in [0.25, 0.3) is 0 Å². The highest BCUT2D eigenvalue weighted by atomic mass is 35.5. The third-order valence-corrected chi connectivity index (χ3v) is 4.56. The maximum atomic E-state index is 6.24. The van der Waals surface area contributed by atoms with E-state index in [4.69, 9.17) is 37.1 Å². The van der Waals surface area contributed by atoms with Crippen LogP contribution < -0.4 is 0 Å². The van der Waals surface area contributed by atoms with E-state index in [1.54, 1.807) is 23.1 Å². The van der Waals surface area contributed by atoms with E-state index in [2.05, 4.69) is 17.0 Å². The maximum Gasteiger partial charge on any atom is 0.249 e. The Hall–Kier alpha value is -1.60. The highest BCUT2D eigenvalue weighted by Gasteiger charge is 2.46. The van der Waals surface area contributed by atoms with E-state index in [9.17, 15) is 0 Å². The predicted molar refractivity (Wildman–Crippen MR) is 89.1 cm³/mol. The molecule has 126 valence electrons. The van der Waals surface area contributed by atoms with E-state index in [1.807, 2.05) is 6.07 Å². The van der Waals surface area contributed by atoms with Crippen molar-refractivity contribution in [2.24, 2.45) is 0 Å². The molecule has 6 nitrogen and oxygen atoms in total. The Morgan fingerprint density at radius 3 is 2.92 bits per heavy atom. The average molecular weight is 368 g/mol. The Morgan fingerprint density at radius 1 is 1.33 bits per heavy atom. The minimum Gasteiger partial charge on any atom is -0.454 e. The van der Waals surface area contributed by atoms with E-state index in [0.29, 0.717) is 34.5 Å². The van der Waals surface area contributed by atoms with E-state index in [-0.39, 0.29) is 6.10 Å². The molecular formula is C16H15Cl2N3O3. The van der Waals surface area contributed by atoms with Gasteiger partial charge in [0.1, 0.15) is 19.2 Å². The second kappa shape index (κ2) is 6.04. The molecule has 1 fully saturated rings. The third kappa shape index (κ3) is 2.69. The topological polar surface area (TPSA) is 62.3 Å². The number of halogens is 2. The number of aromatic nitrogens is 3. The summed E-state index contributed by atoms with van der Waals surface area (Å²) in [4.78, 5) is 3.97. The van der Waals surface area contributed by atoms with Crippen molar-refractivity contribution in [3.05, 3.63) is 46.7 Å². The molecule has 3 aromatic rings. The van der Waals surface area contributed by atoms with Crippen LogP contribution in [0.1, 0.15) is 19.1 Å². The highest BCUT2D eigenvalue weighted by Crippen LogP contribution is 2.41. The molecular weight excluding hydrogens is 353 g/mol. The summed E-state index contributed by atoms with van der Waals surface area (Å²) in [7, 11) is 0. The summed E-state index contributed by atoms with van der Waals surface area (Å²) in [5.41, 5.74) is 0.557. The molecule has 0 amide bonds. The molecule has 2 atom stereocenters. The molecule has 0 radical (unpaired) electrons. The fourth-order valence-electron chi connectivity index (χ4n) is 2.85. The zero-order chi connectivity index (χ0) is 16.7. The van der Waals surface area contributed by atoms with Crippen LogP contribution in [0.5, 0.6) is 0 Å². The fraction of sp³-hybridized carbons (Fsp3) is 0.375. The second-order valence-electron chi connectivity index (χ2n) is 5.72. The SMILES string of the molecule is CCC1COC(Cn2cncn2)(c2cc3cc(Cl)cc(Cl)c3o2)O1. The lowest BCUT2D eigenvalue weighted by Crippen LogP contribution is -2.33. The third-order valence-electron chi connectivity index (χ3n) is 4.06. The number of hydrogen-bond acceptors (Lipinski definition) is 5. The van der Waals surface area contributed by atoms with Gasteiger partial charge < -0.3 is 13.9 Å². The second-order valence-corrected chi connectivity index (χ2v) is 6.57. The van der Waals surface area contributed by atoms with E-state index >= 15 is 0 Å². The molecule has 3 heterocycles. The molecule has 1 aliphatic heterocycles. The van der Waals surface area contributed by atoms with Crippen molar-refractivity contribution < 1.29 is 13.9 Å². The van der Waals surface area contributed by atoms with Gasteiger partial charge in [-0.3, -0.25) is 0 Å². The van der Waals surface area contributed by atoms with Gasteiger partial charge in [-0.15, -0.1) is 0 Å². The van der Waals surface area contributed by atoms with Crippen LogP contribution in [-0.2, 0) is 21.8 Å². The molecule has 0 saturated carbocycles. The first-order valence-electron chi connectivity index (χ1n) is 7.63. The monoisotopic (exact) mass is 367 g/mol. The lowest BCUT2D eigenvalue weighted by Gasteiger charge is -2.25. The minimum atomic E-state index is -1.07. The van der Waals surface area contributed by atoms with Gasteiger partial charge in [0, 0.05) is 10.4 Å². The van der Waals surface area contributed by atoms with Gasteiger partial charge in [-0.05, 0) is 24.6 Å². The number of hydrogen-bond donors (Lipinski definition) is 0. The molecule has 0 N–H and O–H groups in total. The Morgan fingerprint density at radius 2 is 2.21 bits per heavy atom. The quantitative estimate of drug-likeness (QED) is 0.696. The first-order valence-corrected chi connectivity index (χ1v) is 8.38. The van der Waals surface area contributed by atoms with Crippen LogP contribution in [0.3, 0.4) is 0 Å². The number of furan rings is 1. The largest absolute Gasteiger partial charge is 0.454 e. The molecule has 0 spiro atoms. The summed E-state index contributed by atoms with van der Waals surface area (Å²) in [5, 5.41) is 5.94. The summed E-state index contributed by atoms with van der Waals surface area (Å²) in [6.45, 7) is 2.86. The predicted octanol–water partition coefficient (Wildman–Crippen LogP) is 4.01. The van der Waals surface area contributed by atoms with Crippen molar-refractivity contribution in [3.8, 4) is 0 Å². The van der Waals surface area contributed by atoms with Crippen LogP contribution in [0.2, 0.25) is 10.0 Å². The molecule has 4 rings (SSSR count). The molecule has 0 bridgehead atoms. The number of ether oxygens (including phenoxy) is 2. The molecule has 24 heavy (non-hydrogen) atoms. The van der Waals surface area contributed by atoms with Gasteiger partial charge in [0.2, 0.25) is 5.79 Å². The summed E-state index contributed by atoms with van der Waals surface area (Å²) >= 11 is 12.3. The molecule has 1 aromatic carbocycles. The van der Waals surface area contributed by atoms with Crippen LogP contribution >= 0.6 is 23.2 Å². The Labute approximate surface area is 148 Å². The molecule has 2 aromatic heterocycles. The minimum absolute atomic E-state index is 0.0132. The summed E-state index contributed by atoms with van der Waals surface area (Å²) in [6, 6.07) is 5.29. The van der Waals surface area contributed by atoms with Gasteiger partial charge >= 0.3 is 0 Å². The zero-order valence-electron chi connectivity index (χ0n) is 12.9. The maximum absolute atomic E-state index is 6.24. The normalized spacial score (nSPS) is 24.0. The number of nitrogens with zero attached hydrogens (tertiary/aromatic N) is 3. The molecule has 2 unspecified atom stereocenters. The Balaban J connectivity index is 1.80. The first kappa shape index (κ1) is 15.9. The molecule has 1 saturated heterocycles. The van der Waals surface area contributed by atoms with Crippen LogP contribution in [0.25, 0.3) is 11.0 Å². The van der Waals surface area contributed by atoms with Crippen LogP contribution in [-0.4, -0.2) is 27.5 Å². The lowest BCUT2D eigenvalue weighted by atomic mass is 10.2. The average Bonchev–Trinajstić information content (AvgIpc) is 3.26. The first-order chi connectivity index (χ1) is 11.6. The summed E-state index contributed by atoms with van der Waals surface area (Å²) in [5.74, 6) is -0.531. The smallest absolute Gasteiger partial charge is 0.249 e. The molecule has 1 aliphatic rings. The van der Waals surface area contributed by atoms with Gasteiger partial charge in [-0.25, -0.2) is 9.67 Å². The Bertz CT molecular complexity index is 865. The highest BCUT2D eigenvalue weighted by molar-refractivity contribution is 6.38. The number of benzene rings is 1. The lowest BCUT2D eigenvalue weighted by molar-refractivity contribution is -0.199. The van der Waals surface area contributed by atoms with Crippen LogP contribution in [0.4, 0.5) is 0 Å². The van der Waals surface area contributed by atoms with Crippen molar-refractivity contribution >= 4 is 34.2 Å². The van der Waals surface area contributed by atoms with Crippen LogP contribution in [0, 0.1) is 0 Å². The Kier molecular flexibility index (Phi) is 4.00. The summed E-state index contributed by atoms with van der Waals surface area (Å²) in [6.07, 6.45) is 3.90. The van der Waals surface area contributed by atoms with Crippen LogP contribution in [0.15, 0.2) is 35.3 Å². The molecule has 8 heteroatoms. The fourth-order valence-corrected chi connectivity index (χ4v) is 3.39. The zero-order valence-corrected chi connectivity index (χ0v) is 14.4. The van der Waals surface area contributed by atoms with Crippen molar-refractivity contribution in [2.45, 2.75) is 31.8 Å². The van der Waals surface area contributed by atoms with Gasteiger partial charge in [-0.2, -0.15) is 5.10 Å². The standard InChI is InChI=1S/C16H15Cl2N3O3/c1-2-12-6-22-16(24-12,7-21-9-19-8-20-21)14-4-10-3-11(17)5-13(18)15(10)23-14/h3-5,8-9,12H,2,6-7H2,1H3. The van der Waals surface area contributed by atoms with Gasteiger partial charge in [-0.1, -0.05) is 30.1 Å². The van der Waals surface area contributed by atoms with Gasteiger partial charge in [0.15, 0.2) is 11.3 Å². The van der Waals surface area contributed by atoms with Crippen molar-refractivity contribution in [1.29, 1.82) is 0 Å². The summed E-state index contributed by atoms with van der Waals surface area (Å²) < 4.78 is 19.8. The number of fused-ring (bicyclic) bond motifs is 1. The van der Waals surface area contributed by atoms with E-state index in [1.165, 1.54) is 6.33 Å². The van der Waals surface area contributed by atoms with Crippen molar-refractivity contribution in [1.82, 2.24) is 14.8 Å².